The maximum absolute atomic E-state index is 12.8. The molecule has 0 aromatic heterocycles. The zero-order valence-electron chi connectivity index (χ0n) is 27.4. The molecule has 2 aromatic rings. The molecule has 0 bridgehead atoms. The monoisotopic (exact) mass is 673 g/mol. The molecule has 2 aromatic carbocycles. The summed E-state index contributed by atoms with van der Waals surface area (Å²) in [6.45, 7) is 12.8. The van der Waals surface area contributed by atoms with E-state index in [1.54, 1.807) is 0 Å². The van der Waals surface area contributed by atoms with E-state index in [2.05, 4.69) is 44.6 Å². The summed E-state index contributed by atoms with van der Waals surface area (Å²) < 4.78 is 59.4. The number of hydrogen-bond acceptors (Lipinski definition) is 7. The molecule has 1 aliphatic rings. The summed E-state index contributed by atoms with van der Waals surface area (Å²) in [4.78, 5) is 26.6. The third-order valence-electron chi connectivity index (χ3n) is 6.41. The molecular weight excluding hydrogens is 623 g/mol. The minimum absolute atomic E-state index is 0.0447. The van der Waals surface area contributed by atoms with Crippen molar-refractivity contribution in [1.29, 1.82) is 0 Å². The number of likely N-dealkylation sites (tertiary alicyclic amines) is 1. The largest absolute Gasteiger partial charge is 0.461 e. The van der Waals surface area contributed by atoms with Crippen LogP contribution in [0.1, 0.15) is 11.1 Å². The Morgan fingerprint density at radius 1 is 0.778 bits per heavy atom. The van der Waals surface area contributed by atoms with Gasteiger partial charge in [0.25, 0.3) is 12.9 Å². The van der Waals surface area contributed by atoms with E-state index in [9.17, 15) is 27.2 Å². The standard InChI is InChI=1S/C22H23F2NO4.C6H15F2NSi.C4H13NSi/c23-20(24)13-25-11-18(21(26)28-14-16-7-3-1-4-8-16)19(12-25)22(27)29-15-17-9-5-2-6-10-17;1-10(2,3)5-9-4-6(7)8;1-6(2,3)4-5/h1-10,18-20H,11-15H2;6,9H,4-5H2,1-3H3;4-5H2,1-3H3/t18-,19+;;. The lowest BCUT2D eigenvalue weighted by Crippen LogP contribution is -2.38. The van der Waals surface area contributed by atoms with E-state index < -0.39 is 59.3 Å². The van der Waals surface area contributed by atoms with Crippen LogP contribution in [0.15, 0.2) is 60.7 Å². The molecule has 3 N–H and O–H groups in total. The molecule has 0 spiro atoms. The normalized spacial score (nSPS) is 16.8. The van der Waals surface area contributed by atoms with Crippen molar-refractivity contribution in [2.45, 2.75) is 65.3 Å². The lowest BCUT2D eigenvalue weighted by molar-refractivity contribution is -0.160. The number of ether oxygens (including phenoxy) is 2. The fourth-order valence-electron chi connectivity index (χ4n) is 3.93. The zero-order valence-corrected chi connectivity index (χ0v) is 29.4. The molecule has 1 aliphatic heterocycles. The topological polar surface area (TPSA) is 93.9 Å². The number of rotatable bonds is 13. The summed E-state index contributed by atoms with van der Waals surface area (Å²) in [6, 6.07) is 18.3. The Balaban J connectivity index is 0.000000523. The number of nitrogens with one attached hydrogen (secondary N) is 1. The predicted octanol–water partition coefficient (Wildman–Crippen LogP) is 5.83. The van der Waals surface area contributed by atoms with E-state index in [-0.39, 0.29) is 32.8 Å². The molecule has 0 unspecified atom stereocenters. The Morgan fingerprint density at radius 3 is 1.49 bits per heavy atom. The first-order chi connectivity index (χ1) is 21.0. The third-order valence-corrected chi connectivity index (χ3v) is 8.95. The maximum atomic E-state index is 12.8. The van der Waals surface area contributed by atoms with Crippen molar-refractivity contribution in [3.63, 3.8) is 0 Å². The molecule has 3 rings (SSSR count). The number of carbonyl (C=O) groups excluding carboxylic acids is 2. The number of benzene rings is 2. The number of hydrogen-bond donors (Lipinski definition) is 2. The van der Waals surface area contributed by atoms with E-state index in [0.29, 0.717) is 0 Å². The Kier molecular flexibility index (Phi) is 18.4. The van der Waals surface area contributed by atoms with Gasteiger partial charge in [-0.1, -0.05) is 99.9 Å². The van der Waals surface area contributed by atoms with E-state index >= 15 is 0 Å². The molecule has 0 radical (unpaired) electrons. The molecule has 1 heterocycles. The molecule has 45 heavy (non-hydrogen) atoms. The molecule has 7 nitrogen and oxygen atoms in total. The first kappa shape index (κ1) is 40.4. The number of esters is 2. The smallest absolute Gasteiger partial charge is 0.311 e. The van der Waals surface area contributed by atoms with Crippen molar-refractivity contribution in [2.75, 3.05) is 38.5 Å². The van der Waals surface area contributed by atoms with Crippen LogP contribution in [0.25, 0.3) is 0 Å². The lowest BCUT2D eigenvalue weighted by atomic mass is 9.96. The summed E-state index contributed by atoms with van der Waals surface area (Å²) in [5.41, 5.74) is 6.99. The quantitative estimate of drug-likeness (QED) is 0.157. The van der Waals surface area contributed by atoms with Crippen LogP contribution in [0.3, 0.4) is 0 Å². The molecule has 0 saturated carbocycles. The van der Waals surface area contributed by atoms with Crippen molar-refractivity contribution >= 4 is 28.1 Å². The molecular formula is C32H51F4N3O4Si2. The summed E-state index contributed by atoms with van der Waals surface area (Å²) in [6.07, 6.45) is -3.07. The lowest BCUT2D eigenvalue weighted by Gasteiger charge is -2.16. The molecule has 2 atom stereocenters. The van der Waals surface area contributed by atoms with Gasteiger partial charge in [-0.2, -0.15) is 0 Å². The highest BCUT2D eigenvalue weighted by atomic mass is 28.3. The van der Waals surface area contributed by atoms with Crippen LogP contribution in [0.5, 0.6) is 0 Å². The minimum atomic E-state index is -2.55. The summed E-state index contributed by atoms with van der Waals surface area (Å²) in [7, 11) is -2.02. The number of nitrogens with two attached hydrogens (primary N) is 1. The van der Waals surface area contributed by atoms with Gasteiger partial charge >= 0.3 is 11.9 Å². The second kappa shape index (κ2) is 20.5. The van der Waals surface area contributed by atoms with Gasteiger partial charge in [-0.3, -0.25) is 14.5 Å². The van der Waals surface area contributed by atoms with Crippen LogP contribution in [0.2, 0.25) is 39.3 Å². The Morgan fingerprint density at radius 2 is 1.18 bits per heavy atom. The number of alkyl halides is 4. The van der Waals surface area contributed by atoms with Crippen LogP contribution >= 0.6 is 0 Å². The minimum Gasteiger partial charge on any atom is -0.461 e. The highest BCUT2D eigenvalue weighted by Gasteiger charge is 2.44. The molecule has 1 fully saturated rings. The van der Waals surface area contributed by atoms with Crippen molar-refractivity contribution in [2.24, 2.45) is 17.6 Å². The van der Waals surface area contributed by atoms with Crippen molar-refractivity contribution in [3.8, 4) is 0 Å². The van der Waals surface area contributed by atoms with Crippen molar-refractivity contribution < 1.29 is 36.6 Å². The molecule has 254 valence electrons. The fraction of sp³-hybridized carbons (Fsp3) is 0.562. The first-order valence-electron chi connectivity index (χ1n) is 15.1. The van der Waals surface area contributed by atoms with Gasteiger partial charge < -0.3 is 20.5 Å². The molecule has 0 aliphatic carbocycles. The Labute approximate surface area is 267 Å². The van der Waals surface area contributed by atoms with Crippen molar-refractivity contribution in [3.05, 3.63) is 71.8 Å². The summed E-state index contributed by atoms with van der Waals surface area (Å²) in [5, 5.41) is 2.74. The first-order valence-corrected chi connectivity index (χ1v) is 22.5. The van der Waals surface area contributed by atoms with Gasteiger partial charge in [0.1, 0.15) is 13.2 Å². The summed E-state index contributed by atoms with van der Waals surface area (Å²) in [5.74, 6) is -2.82. The number of nitrogens with zero attached hydrogens (tertiary/aromatic N) is 1. The van der Waals surface area contributed by atoms with E-state index in [1.807, 2.05) is 60.7 Å². The SMILES string of the molecule is C[Si](C)(C)CN.C[Si](C)(C)CNCC(F)F.O=C(OCc1ccccc1)[C@H]1CN(CC(F)F)C[C@H]1C(=O)OCc1ccccc1. The molecule has 0 amide bonds. The number of carbonyl (C=O) groups is 2. The highest BCUT2D eigenvalue weighted by molar-refractivity contribution is 6.76. The van der Waals surface area contributed by atoms with E-state index in [1.165, 1.54) is 4.90 Å². The van der Waals surface area contributed by atoms with Gasteiger partial charge in [-0.05, 0) is 23.5 Å². The van der Waals surface area contributed by atoms with Crippen molar-refractivity contribution in [1.82, 2.24) is 10.2 Å². The van der Waals surface area contributed by atoms with Crippen LogP contribution in [0.4, 0.5) is 17.6 Å². The Hall–Kier alpha value is -2.59. The van der Waals surface area contributed by atoms with Crippen LogP contribution < -0.4 is 11.1 Å². The number of halogens is 4. The van der Waals surface area contributed by atoms with Crippen LogP contribution in [-0.2, 0) is 32.3 Å². The van der Waals surface area contributed by atoms with Gasteiger partial charge in [0.2, 0.25) is 0 Å². The highest BCUT2D eigenvalue weighted by Crippen LogP contribution is 2.27. The van der Waals surface area contributed by atoms with Gasteiger partial charge in [0.05, 0.1) is 41.1 Å². The van der Waals surface area contributed by atoms with Gasteiger partial charge in [0.15, 0.2) is 0 Å². The van der Waals surface area contributed by atoms with Gasteiger partial charge in [-0.15, -0.1) is 0 Å². The zero-order chi connectivity index (χ0) is 34.0. The molecule has 13 heteroatoms. The maximum Gasteiger partial charge on any atom is 0.311 e. The van der Waals surface area contributed by atoms with Crippen LogP contribution in [0, 0.1) is 11.8 Å². The average molecular weight is 674 g/mol. The van der Waals surface area contributed by atoms with Crippen LogP contribution in [-0.4, -0.2) is 84.4 Å². The summed E-state index contributed by atoms with van der Waals surface area (Å²) >= 11 is 0. The van der Waals surface area contributed by atoms with Gasteiger partial charge in [-0.25, -0.2) is 17.6 Å². The second-order valence-corrected chi connectivity index (χ2v) is 24.4. The molecule has 1 saturated heterocycles. The van der Waals surface area contributed by atoms with E-state index in [4.69, 9.17) is 15.2 Å². The second-order valence-electron chi connectivity index (χ2n) is 13.4. The average Bonchev–Trinajstić information content (AvgIpc) is 3.38. The Bertz CT molecular complexity index is 1040. The third kappa shape index (κ3) is 19.5. The fourth-order valence-corrected chi connectivity index (χ4v) is 4.83. The predicted molar refractivity (Wildman–Crippen MR) is 177 cm³/mol. The van der Waals surface area contributed by atoms with E-state index in [0.717, 1.165) is 23.5 Å². The van der Waals surface area contributed by atoms with Gasteiger partial charge in [0, 0.05) is 13.1 Å².